The predicted molar refractivity (Wildman–Crippen MR) is 85.9 cm³/mol. The summed E-state index contributed by atoms with van der Waals surface area (Å²) in [5.74, 6) is 0.669. The van der Waals surface area contributed by atoms with Crippen LogP contribution in [-0.4, -0.2) is 25.8 Å². The summed E-state index contributed by atoms with van der Waals surface area (Å²) < 4.78 is 27.7. The van der Waals surface area contributed by atoms with Crippen LogP contribution in [0, 0.1) is 11.8 Å². The minimum atomic E-state index is -3.66. The van der Waals surface area contributed by atoms with Gasteiger partial charge in [0.15, 0.2) is 0 Å². The molecule has 2 atom stereocenters. The number of hydrogen-bond acceptors (Lipinski definition) is 2. The molecule has 2 rings (SSSR count). The van der Waals surface area contributed by atoms with Crippen molar-refractivity contribution < 1.29 is 8.42 Å². The Balaban J connectivity index is 2.45. The third kappa shape index (κ3) is 3.33. The Hall–Kier alpha value is 0.190. The van der Waals surface area contributed by atoms with Crippen molar-refractivity contribution in [2.75, 3.05) is 13.1 Å². The lowest BCUT2D eigenvalue weighted by molar-refractivity contribution is 0.222. The molecule has 1 aromatic rings. The molecule has 0 bridgehead atoms. The Kier molecular flexibility index (Phi) is 5.07. The SMILES string of the molecule is CC1CC(C)CN(S(=O)(=O)c2c(Cl)cc(Br)cc2Cl)C1. The number of halogens is 3. The quantitative estimate of drug-likeness (QED) is 0.736. The first-order chi connectivity index (χ1) is 9.21. The number of hydrogen-bond donors (Lipinski definition) is 0. The fourth-order valence-corrected chi connectivity index (χ4v) is 6.27. The van der Waals surface area contributed by atoms with Gasteiger partial charge in [-0.2, -0.15) is 4.31 Å². The molecule has 3 nitrogen and oxygen atoms in total. The average molecular weight is 401 g/mol. The Bertz CT molecular complexity index is 588. The van der Waals surface area contributed by atoms with Gasteiger partial charge in [-0.25, -0.2) is 8.42 Å². The van der Waals surface area contributed by atoms with Crippen LogP contribution in [0.4, 0.5) is 0 Å². The molecule has 1 fully saturated rings. The van der Waals surface area contributed by atoms with E-state index in [0.717, 1.165) is 6.42 Å². The number of rotatable bonds is 2. The van der Waals surface area contributed by atoms with E-state index >= 15 is 0 Å². The molecule has 0 aliphatic carbocycles. The van der Waals surface area contributed by atoms with Crippen LogP contribution in [-0.2, 0) is 10.0 Å². The number of sulfonamides is 1. The topological polar surface area (TPSA) is 37.4 Å². The van der Waals surface area contributed by atoms with E-state index in [1.807, 2.05) is 0 Å². The summed E-state index contributed by atoms with van der Waals surface area (Å²) >= 11 is 15.4. The minimum absolute atomic E-state index is 0.00494. The van der Waals surface area contributed by atoms with Crippen molar-refractivity contribution in [3.8, 4) is 0 Å². The molecule has 1 saturated heterocycles. The van der Waals surface area contributed by atoms with E-state index in [1.54, 1.807) is 12.1 Å². The lowest BCUT2D eigenvalue weighted by Crippen LogP contribution is -2.42. The zero-order valence-corrected chi connectivity index (χ0v) is 15.2. The van der Waals surface area contributed by atoms with Gasteiger partial charge in [0.1, 0.15) is 4.90 Å². The highest BCUT2D eigenvalue weighted by Gasteiger charge is 2.34. The van der Waals surface area contributed by atoms with E-state index in [-0.39, 0.29) is 14.9 Å². The molecule has 0 amide bonds. The standard InChI is InChI=1S/C13H16BrCl2NO2S/c1-8-3-9(2)7-17(6-8)20(18,19)13-11(15)4-10(14)5-12(13)16/h4-5,8-9H,3,6-7H2,1-2H3. The van der Waals surface area contributed by atoms with Gasteiger partial charge in [-0.05, 0) is 30.4 Å². The van der Waals surface area contributed by atoms with Gasteiger partial charge in [-0.1, -0.05) is 53.0 Å². The molecule has 0 N–H and O–H groups in total. The number of benzene rings is 1. The molecule has 7 heteroatoms. The third-order valence-electron chi connectivity index (χ3n) is 3.40. The van der Waals surface area contributed by atoms with Gasteiger partial charge in [0.05, 0.1) is 10.0 Å². The summed E-state index contributed by atoms with van der Waals surface area (Å²) in [5, 5.41) is 0.297. The second-order valence-corrected chi connectivity index (χ2v) is 9.07. The van der Waals surface area contributed by atoms with Crippen LogP contribution in [0.1, 0.15) is 20.3 Å². The van der Waals surface area contributed by atoms with Crippen LogP contribution in [0.2, 0.25) is 10.0 Å². The smallest absolute Gasteiger partial charge is 0.207 e. The molecule has 0 saturated carbocycles. The van der Waals surface area contributed by atoms with Gasteiger partial charge in [-0.15, -0.1) is 0 Å². The van der Waals surface area contributed by atoms with Crippen molar-refractivity contribution >= 4 is 49.2 Å². The van der Waals surface area contributed by atoms with E-state index in [4.69, 9.17) is 23.2 Å². The second-order valence-electron chi connectivity index (χ2n) is 5.47. The van der Waals surface area contributed by atoms with Crippen molar-refractivity contribution in [2.24, 2.45) is 11.8 Å². The highest BCUT2D eigenvalue weighted by molar-refractivity contribution is 9.10. The first-order valence-electron chi connectivity index (χ1n) is 6.36. The van der Waals surface area contributed by atoms with Crippen LogP contribution in [0.5, 0.6) is 0 Å². The first-order valence-corrected chi connectivity index (χ1v) is 9.35. The fourth-order valence-electron chi connectivity index (χ4n) is 2.71. The maximum Gasteiger partial charge on any atom is 0.246 e. The van der Waals surface area contributed by atoms with E-state index in [1.165, 1.54) is 4.31 Å². The van der Waals surface area contributed by atoms with Gasteiger partial charge in [-0.3, -0.25) is 0 Å². The summed E-state index contributed by atoms with van der Waals surface area (Å²) in [4.78, 5) is 0.00494. The molecule has 112 valence electrons. The van der Waals surface area contributed by atoms with Gasteiger partial charge in [0.25, 0.3) is 0 Å². The lowest BCUT2D eigenvalue weighted by Gasteiger charge is -2.34. The van der Waals surface area contributed by atoms with Crippen molar-refractivity contribution in [2.45, 2.75) is 25.2 Å². The minimum Gasteiger partial charge on any atom is -0.207 e. The van der Waals surface area contributed by atoms with Gasteiger partial charge >= 0.3 is 0 Å². The number of piperidine rings is 1. The van der Waals surface area contributed by atoms with Gasteiger partial charge in [0.2, 0.25) is 10.0 Å². The molecule has 1 aliphatic rings. The Morgan fingerprint density at radius 3 is 2.05 bits per heavy atom. The molecule has 1 heterocycles. The molecular weight excluding hydrogens is 385 g/mol. The van der Waals surface area contributed by atoms with E-state index < -0.39 is 10.0 Å². The van der Waals surface area contributed by atoms with Crippen molar-refractivity contribution in [3.63, 3.8) is 0 Å². The zero-order valence-electron chi connectivity index (χ0n) is 11.2. The molecular formula is C13H16BrCl2NO2S. The maximum atomic E-state index is 12.8. The normalized spacial score (nSPS) is 24.9. The summed E-state index contributed by atoms with van der Waals surface area (Å²) in [6.45, 7) is 5.14. The first kappa shape index (κ1) is 16.6. The summed E-state index contributed by atoms with van der Waals surface area (Å²) in [6, 6.07) is 3.11. The van der Waals surface area contributed by atoms with E-state index in [2.05, 4.69) is 29.8 Å². The molecule has 1 aromatic carbocycles. The third-order valence-corrected chi connectivity index (χ3v) is 6.61. The Morgan fingerprint density at radius 2 is 1.60 bits per heavy atom. The van der Waals surface area contributed by atoms with Crippen molar-refractivity contribution in [1.82, 2.24) is 4.31 Å². The lowest BCUT2D eigenvalue weighted by atomic mass is 9.94. The summed E-state index contributed by atoms with van der Waals surface area (Å²) in [5.41, 5.74) is 0. The van der Waals surface area contributed by atoms with Crippen molar-refractivity contribution in [1.29, 1.82) is 0 Å². The molecule has 20 heavy (non-hydrogen) atoms. The van der Waals surface area contributed by atoms with Crippen LogP contribution in [0.3, 0.4) is 0 Å². The Labute approximate surface area is 138 Å². The van der Waals surface area contributed by atoms with E-state index in [0.29, 0.717) is 29.4 Å². The molecule has 2 unspecified atom stereocenters. The highest BCUT2D eigenvalue weighted by atomic mass is 79.9. The monoisotopic (exact) mass is 399 g/mol. The average Bonchev–Trinajstić information content (AvgIpc) is 2.25. The molecule has 0 aromatic heterocycles. The molecule has 0 radical (unpaired) electrons. The summed E-state index contributed by atoms with van der Waals surface area (Å²) in [7, 11) is -3.66. The van der Waals surface area contributed by atoms with Gasteiger partial charge < -0.3 is 0 Å². The van der Waals surface area contributed by atoms with Gasteiger partial charge in [0, 0.05) is 17.6 Å². The highest BCUT2D eigenvalue weighted by Crippen LogP contribution is 2.36. The molecule has 0 spiro atoms. The van der Waals surface area contributed by atoms with Crippen LogP contribution in [0.15, 0.2) is 21.5 Å². The maximum absolute atomic E-state index is 12.8. The summed E-state index contributed by atoms with van der Waals surface area (Å²) in [6.07, 6.45) is 1.04. The zero-order chi connectivity index (χ0) is 15.1. The number of nitrogens with zero attached hydrogens (tertiary/aromatic N) is 1. The van der Waals surface area contributed by atoms with Crippen molar-refractivity contribution in [3.05, 3.63) is 26.7 Å². The largest absolute Gasteiger partial charge is 0.246 e. The van der Waals surface area contributed by atoms with Crippen LogP contribution < -0.4 is 0 Å². The Morgan fingerprint density at radius 1 is 1.15 bits per heavy atom. The fraction of sp³-hybridized carbons (Fsp3) is 0.538. The van der Waals surface area contributed by atoms with Crippen LogP contribution in [0.25, 0.3) is 0 Å². The molecule has 1 aliphatic heterocycles. The van der Waals surface area contributed by atoms with E-state index in [9.17, 15) is 8.42 Å². The second kappa shape index (κ2) is 6.13. The predicted octanol–water partition coefficient (Wildman–Crippen LogP) is 4.42. The van der Waals surface area contributed by atoms with Crippen LogP contribution >= 0.6 is 39.1 Å².